The summed E-state index contributed by atoms with van der Waals surface area (Å²) in [7, 11) is -4.38. The Balaban J connectivity index is 1.47. The van der Waals surface area contributed by atoms with E-state index in [1.165, 1.54) is 49.9 Å². The second-order valence-electron chi connectivity index (χ2n) is 6.79. The molecule has 5 nitrogen and oxygen atoms in total. The van der Waals surface area contributed by atoms with Crippen LogP contribution in [0.15, 0.2) is 40.4 Å². The third-order valence-electron chi connectivity index (χ3n) is 5.25. The third kappa shape index (κ3) is 2.50. The zero-order chi connectivity index (χ0) is 15.3. The van der Waals surface area contributed by atoms with Gasteiger partial charge >= 0.3 is 0 Å². The number of hydrogen-bond donors (Lipinski definition) is 2. The third-order valence-corrected chi connectivity index (χ3v) is 6.10. The van der Waals surface area contributed by atoms with Crippen molar-refractivity contribution in [2.45, 2.75) is 37.0 Å². The molecule has 0 spiro atoms. The van der Waals surface area contributed by atoms with Gasteiger partial charge in [0.1, 0.15) is 10.1 Å². The van der Waals surface area contributed by atoms with Crippen LogP contribution < -0.4 is 10.9 Å². The number of allylic oxidation sites excluding steroid dienone is 2. The highest BCUT2D eigenvalue weighted by Crippen LogP contribution is 2.52. The van der Waals surface area contributed by atoms with Gasteiger partial charge in [0.25, 0.3) is 0 Å². The van der Waals surface area contributed by atoms with Crippen LogP contribution in [-0.4, -0.2) is 13.0 Å². The number of hydrogen-bond acceptors (Lipinski definition) is 5. The summed E-state index contributed by atoms with van der Waals surface area (Å²) in [5, 5.41) is 0. The average Bonchev–Trinajstić information content (AvgIpc) is 2.45. The fourth-order valence-electron chi connectivity index (χ4n) is 4.46. The van der Waals surface area contributed by atoms with Gasteiger partial charge in [0.05, 0.1) is 10.6 Å². The molecule has 0 radical (unpaired) electrons. The van der Waals surface area contributed by atoms with E-state index in [4.69, 9.17) is 0 Å². The zero-order valence-electron chi connectivity index (χ0n) is 12.2. The Morgan fingerprint density at radius 1 is 0.955 bits per heavy atom. The molecule has 0 saturated heterocycles. The normalized spacial score (nSPS) is 29.8. The minimum absolute atomic E-state index is 0.199. The van der Waals surface area contributed by atoms with Crippen molar-refractivity contribution >= 4 is 15.8 Å². The topological polar surface area (TPSA) is 81.3 Å². The minimum atomic E-state index is -4.38. The van der Waals surface area contributed by atoms with E-state index >= 15 is 0 Å². The second kappa shape index (κ2) is 4.99. The molecule has 2 N–H and O–H groups in total. The number of hydrazine groups is 1. The molecule has 0 aliphatic heterocycles. The quantitative estimate of drug-likeness (QED) is 0.658. The largest absolute Gasteiger partial charge is 0.744 e. The number of nitrogens with one attached hydrogen (secondary N) is 2. The van der Waals surface area contributed by atoms with E-state index in [1.807, 2.05) is 0 Å². The van der Waals surface area contributed by atoms with Crippen LogP contribution in [0.3, 0.4) is 0 Å². The van der Waals surface area contributed by atoms with Crippen LogP contribution in [0.2, 0.25) is 0 Å². The Labute approximate surface area is 130 Å². The van der Waals surface area contributed by atoms with Crippen LogP contribution in [-0.2, 0) is 10.1 Å². The van der Waals surface area contributed by atoms with E-state index in [0.717, 1.165) is 17.5 Å². The first-order chi connectivity index (χ1) is 10.5. The van der Waals surface area contributed by atoms with Gasteiger partial charge in [-0.15, -0.1) is 0 Å². The molecule has 0 heterocycles. The fraction of sp³-hybridized carbons (Fsp3) is 0.500. The van der Waals surface area contributed by atoms with E-state index in [0.29, 0.717) is 5.92 Å². The maximum absolute atomic E-state index is 10.9. The second-order valence-corrected chi connectivity index (χ2v) is 8.17. The van der Waals surface area contributed by atoms with Crippen molar-refractivity contribution in [3.63, 3.8) is 0 Å². The summed E-state index contributed by atoms with van der Waals surface area (Å²) < 4.78 is 32.8. The highest BCUT2D eigenvalue weighted by molar-refractivity contribution is 7.85. The molecule has 5 rings (SSSR count). The molecule has 118 valence electrons. The lowest BCUT2D eigenvalue weighted by atomic mass is 9.60. The molecule has 4 aliphatic carbocycles. The van der Waals surface area contributed by atoms with E-state index in [2.05, 4.69) is 10.9 Å². The number of rotatable bonds is 4. The van der Waals surface area contributed by atoms with Crippen molar-refractivity contribution in [1.82, 2.24) is 5.43 Å². The minimum Gasteiger partial charge on any atom is -0.744 e. The van der Waals surface area contributed by atoms with Crippen molar-refractivity contribution in [2.75, 3.05) is 5.43 Å². The fourth-order valence-corrected chi connectivity index (χ4v) is 4.93. The van der Waals surface area contributed by atoms with Crippen LogP contribution in [0.5, 0.6) is 0 Å². The molecule has 4 bridgehead atoms. The van der Waals surface area contributed by atoms with Crippen LogP contribution >= 0.6 is 0 Å². The molecule has 1 unspecified atom stereocenters. The van der Waals surface area contributed by atoms with E-state index in [-0.39, 0.29) is 4.90 Å². The lowest BCUT2D eigenvalue weighted by molar-refractivity contribution is 0.152. The van der Waals surface area contributed by atoms with Crippen molar-refractivity contribution in [3.8, 4) is 0 Å². The van der Waals surface area contributed by atoms with Gasteiger partial charge < -0.3 is 15.4 Å². The summed E-state index contributed by atoms with van der Waals surface area (Å²) in [4.78, 5) is -0.199. The molecular weight excluding hydrogens is 300 g/mol. The summed E-state index contributed by atoms with van der Waals surface area (Å²) in [6.45, 7) is 0. The summed E-state index contributed by atoms with van der Waals surface area (Å²) in [5.74, 6) is 2.43. The molecule has 2 fully saturated rings. The number of benzene rings is 1. The smallest absolute Gasteiger partial charge is 0.124 e. The highest BCUT2D eigenvalue weighted by atomic mass is 32.2. The summed E-state index contributed by atoms with van der Waals surface area (Å²) in [6.07, 6.45) is 6.44. The Morgan fingerprint density at radius 3 is 2.14 bits per heavy atom. The molecule has 22 heavy (non-hydrogen) atoms. The van der Waals surface area contributed by atoms with Crippen molar-refractivity contribution in [3.05, 3.63) is 35.5 Å². The van der Waals surface area contributed by atoms with Gasteiger partial charge in [-0.3, -0.25) is 0 Å². The van der Waals surface area contributed by atoms with E-state index in [9.17, 15) is 13.0 Å². The van der Waals surface area contributed by atoms with Crippen molar-refractivity contribution in [1.29, 1.82) is 0 Å². The maximum atomic E-state index is 10.9. The molecule has 1 aromatic rings. The van der Waals surface area contributed by atoms with Crippen LogP contribution in [0.1, 0.15) is 32.1 Å². The first-order valence-corrected chi connectivity index (χ1v) is 9.20. The van der Waals surface area contributed by atoms with Gasteiger partial charge in [-0.1, -0.05) is 0 Å². The molecule has 0 aromatic heterocycles. The molecule has 3 atom stereocenters. The standard InChI is InChI=1S/C16H20N2O3S/c19-22(20,21)15-3-1-14(2-4-15)17-18-16-12-6-10-5-11(8-12)9-13(16)7-10/h1-4,10-12,17-18H,5-9H2,(H,19,20,21)/p-1/t10-,11+,12?. The molecule has 0 amide bonds. The predicted molar refractivity (Wildman–Crippen MR) is 81.7 cm³/mol. The Morgan fingerprint density at radius 2 is 1.59 bits per heavy atom. The van der Waals surface area contributed by atoms with Crippen molar-refractivity contribution < 1.29 is 13.0 Å². The summed E-state index contributed by atoms with van der Waals surface area (Å²) in [5.41, 5.74) is 10.2. The molecule has 4 aliphatic rings. The first kappa shape index (κ1) is 14.1. The Kier molecular flexibility index (Phi) is 3.20. The number of anilines is 1. The van der Waals surface area contributed by atoms with Gasteiger partial charge in [0.15, 0.2) is 0 Å². The maximum Gasteiger partial charge on any atom is 0.124 e. The predicted octanol–water partition coefficient (Wildman–Crippen LogP) is 2.60. The van der Waals surface area contributed by atoms with Gasteiger partial charge in [-0.2, -0.15) is 0 Å². The van der Waals surface area contributed by atoms with Gasteiger partial charge in [0, 0.05) is 11.6 Å². The molecular formula is C16H19N2O3S-. The van der Waals surface area contributed by atoms with Gasteiger partial charge in [-0.25, -0.2) is 8.42 Å². The van der Waals surface area contributed by atoms with Crippen molar-refractivity contribution in [2.24, 2.45) is 17.8 Å². The van der Waals surface area contributed by atoms with E-state index in [1.54, 1.807) is 17.7 Å². The zero-order valence-corrected chi connectivity index (χ0v) is 13.0. The first-order valence-electron chi connectivity index (χ1n) is 7.79. The monoisotopic (exact) mass is 319 g/mol. The summed E-state index contributed by atoms with van der Waals surface area (Å²) in [6, 6.07) is 5.89. The molecule has 1 aromatic carbocycles. The average molecular weight is 319 g/mol. The molecule has 2 saturated carbocycles. The Hall–Kier alpha value is -1.53. The summed E-state index contributed by atoms with van der Waals surface area (Å²) >= 11 is 0. The van der Waals surface area contributed by atoms with E-state index < -0.39 is 10.1 Å². The van der Waals surface area contributed by atoms with Crippen LogP contribution in [0.4, 0.5) is 5.69 Å². The molecule has 6 heteroatoms. The van der Waals surface area contributed by atoms with Crippen LogP contribution in [0.25, 0.3) is 0 Å². The lowest BCUT2D eigenvalue weighted by Gasteiger charge is -2.47. The van der Waals surface area contributed by atoms with Gasteiger partial charge in [0.2, 0.25) is 0 Å². The SMILES string of the molecule is O=S(=O)([O-])c1ccc(NNC2=C3C[C@@H]4CC2C[C@H](C3)C4)cc1. The van der Waals surface area contributed by atoms with Crippen LogP contribution in [0, 0.1) is 17.8 Å². The van der Waals surface area contributed by atoms with Gasteiger partial charge in [-0.05, 0) is 73.8 Å². The highest BCUT2D eigenvalue weighted by Gasteiger charge is 2.41. The Bertz CT molecular complexity index is 708. The lowest BCUT2D eigenvalue weighted by Crippen LogP contribution is -2.40.